The Labute approximate surface area is 174 Å². The van der Waals surface area contributed by atoms with Crippen molar-refractivity contribution in [3.8, 4) is 0 Å². The Morgan fingerprint density at radius 3 is 0.852 bits per heavy atom. The van der Waals surface area contributed by atoms with Crippen molar-refractivity contribution in [1.29, 1.82) is 0 Å². The first-order valence-electron chi connectivity index (χ1n) is 13.1. The van der Waals surface area contributed by atoms with Crippen molar-refractivity contribution in [2.75, 3.05) is 26.2 Å². The molecule has 0 rings (SSSR count). The summed E-state index contributed by atoms with van der Waals surface area (Å²) in [7, 11) is 0. The molecule has 1 heteroatoms. The second-order valence-electron chi connectivity index (χ2n) is 9.19. The third kappa shape index (κ3) is 16.6. The van der Waals surface area contributed by atoms with Gasteiger partial charge in [0.25, 0.3) is 0 Å². The molecule has 0 aromatic carbocycles. The third-order valence-corrected chi connectivity index (χ3v) is 6.44. The first-order valence-corrected chi connectivity index (χ1v) is 13.1. The van der Waals surface area contributed by atoms with Gasteiger partial charge in [-0.1, -0.05) is 91.9 Å². The van der Waals surface area contributed by atoms with E-state index in [1.54, 1.807) is 0 Å². The zero-order valence-electron chi connectivity index (χ0n) is 20.0. The number of nitrogens with zero attached hydrogens (tertiary/aromatic N) is 1. The lowest BCUT2D eigenvalue weighted by Gasteiger charge is -2.39. The van der Waals surface area contributed by atoms with Gasteiger partial charge in [0.1, 0.15) is 0 Å². The molecule has 0 aliphatic rings. The second-order valence-corrected chi connectivity index (χ2v) is 9.19. The molecule has 164 valence electrons. The van der Waals surface area contributed by atoms with E-state index in [1.807, 2.05) is 0 Å². The Hall–Kier alpha value is -0.0400. The van der Waals surface area contributed by atoms with Crippen LogP contribution in [0.5, 0.6) is 0 Å². The van der Waals surface area contributed by atoms with Crippen LogP contribution in [0.1, 0.15) is 143 Å². The van der Waals surface area contributed by atoms with Gasteiger partial charge in [0, 0.05) is 0 Å². The first-order chi connectivity index (χ1) is 13.2. The highest BCUT2D eigenvalue weighted by Gasteiger charge is 2.25. The largest absolute Gasteiger partial charge is 0.324 e. The van der Waals surface area contributed by atoms with Gasteiger partial charge in [0.15, 0.2) is 0 Å². The van der Waals surface area contributed by atoms with Crippen LogP contribution in [0, 0.1) is 0 Å². The fraction of sp³-hybridized carbons (Fsp3) is 1.00. The minimum absolute atomic E-state index is 1.36. The zero-order valence-corrected chi connectivity index (χ0v) is 20.0. The molecule has 0 spiro atoms. The fourth-order valence-corrected chi connectivity index (χ4v) is 4.52. The van der Waals surface area contributed by atoms with Gasteiger partial charge in [0.2, 0.25) is 0 Å². The minimum Gasteiger partial charge on any atom is -0.324 e. The predicted octanol–water partition coefficient (Wildman–Crippen LogP) is 8.90. The topological polar surface area (TPSA) is 0 Å². The Morgan fingerprint density at radius 1 is 0.296 bits per heavy atom. The highest BCUT2D eigenvalue weighted by molar-refractivity contribution is 4.53. The Kier molecular flexibility index (Phi) is 20.7. The molecule has 1 nitrogen and oxygen atoms in total. The number of quaternary nitrogens is 1. The number of hydrogen-bond acceptors (Lipinski definition) is 0. The lowest BCUT2D eigenvalue weighted by molar-refractivity contribution is -0.929. The molecule has 0 saturated heterocycles. The van der Waals surface area contributed by atoms with E-state index in [0.29, 0.717) is 0 Å². The molecule has 0 aromatic heterocycles. The van der Waals surface area contributed by atoms with Gasteiger partial charge in [-0.25, -0.2) is 0 Å². The maximum Gasteiger partial charge on any atom is 0.0786 e. The highest BCUT2D eigenvalue weighted by Crippen LogP contribution is 2.19. The van der Waals surface area contributed by atoms with Crippen LogP contribution in [-0.4, -0.2) is 30.7 Å². The van der Waals surface area contributed by atoms with E-state index in [-0.39, 0.29) is 0 Å². The predicted molar refractivity (Wildman–Crippen MR) is 126 cm³/mol. The van der Waals surface area contributed by atoms with Crippen LogP contribution in [0.4, 0.5) is 0 Å². The number of unbranched alkanes of at least 4 members (excludes halogenated alkanes) is 14. The van der Waals surface area contributed by atoms with Crippen LogP contribution in [0.15, 0.2) is 0 Å². The average Bonchev–Trinajstić information content (AvgIpc) is 2.67. The van der Waals surface area contributed by atoms with E-state index >= 15 is 0 Å². The van der Waals surface area contributed by atoms with Gasteiger partial charge >= 0.3 is 0 Å². The summed E-state index contributed by atoms with van der Waals surface area (Å²) in [6, 6.07) is 0. The van der Waals surface area contributed by atoms with E-state index in [2.05, 4.69) is 27.7 Å². The Morgan fingerprint density at radius 2 is 0.519 bits per heavy atom. The second kappa shape index (κ2) is 20.7. The molecule has 0 N–H and O–H groups in total. The van der Waals surface area contributed by atoms with Crippen LogP contribution in [0.25, 0.3) is 0 Å². The van der Waals surface area contributed by atoms with Crippen molar-refractivity contribution in [3.05, 3.63) is 0 Å². The van der Waals surface area contributed by atoms with Gasteiger partial charge < -0.3 is 4.48 Å². The fourth-order valence-electron chi connectivity index (χ4n) is 4.52. The Bertz CT molecular complexity index is 247. The summed E-state index contributed by atoms with van der Waals surface area (Å²) in [6.07, 6.45) is 25.8. The van der Waals surface area contributed by atoms with Gasteiger partial charge in [0.05, 0.1) is 26.2 Å². The van der Waals surface area contributed by atoms with Crippen LogP contribution in [-0.2, 0) is 0 Å². The molecule has 0 fully saturated rings. The summed E-state index contributed by atoms with van der Waals surface area (Å²) in [5.74, 6) is 0. The molecule has 0 atom stereocenters. The molecule has 0 aliphatic carbocycles. The van der Waals surface area contributed by atoms with Crippen LogP contribution >= 0.6 is 0 Å². The summed E-state index contributed by atoms with van der Waals surface area (Å²) in [5, 5.41) is 0. The summed E-state index contributed by atoms with van der Waals surface area (Å²) in [5.41, 5.74) is 0. The summed E-state index contributed by atoms with van der Waals surface area (Å²) >= 11 is 0. The molecule has 27 heavy (non-hydrogen) atoms. The number of rotatable bonds is 22. The van der Waals surface area contributed by atoms with E-state index in [9.17, 15) is 0 Å². The smallest absolute Gasteiger partial charge is 0.0786 e. The van der Waals surface area contributed by atoms with E-state index in [4.69, 9.17) is 0 Å². The normalized spacial score (nSPS) is 12.0. The van der Waals surface area contributed by atoms with Crippen LogP contribution in [0.3, 0.4) is 0 Å². The summed E-state index contributed by atoms with van der Waals surface area (Å²) in [4.78, 5) is 0. The Balaban J connectivity index is 4.32. The van der Waals surface area contributed by atoms with Crippen molar-refractivity contribution < 1.29 is 4.48 Å². The van der Waals surface area contributed by atoms with Gasteiger partial charge in [-0.15, -0.1) is 0 Å². The zero-order chi connectivity index (χ0) is 20.1. The molecular formula is C26H56N+. The maximum absolute atomic E-state index is 2.35. The minimum atomic E-state index is 1.36. The molecule has 0 bridgehead atoms. The van der Waals surface area contributed by atoms with Gasteiger partial charge in [-0.2, -0.15) is 0 Å². The maximum atomic E-state index is 2.35. The summed E-state index contributed by atoms with van der Waals surface area (Å²) in [6.45, 7) is 15.2. The monoisotopic (exact) mass is 382 g/mol. The van der Waals surface area contributed by atoms with Crippen molar-refractivity contribution in [1.82, 2.24) is 0 Å². The lowest BCUT2D eigenvalue weighted by Crippen LogP contribution is -2.50. The van der Waals surface area contributed by atoms with Gasteiger partial charge in [-0.05, 0) is 51.4 Å². The standard InChI is InChI=1S/C26H56N/c1-5-9-13-14-15-16-17-18-22-26-27(23-19-10-6-2,24-20-11-7-3)25-21-12-8-4/h5-26H2,1-4H3/q+1. The first kappa shape index (κ1) is 27.0. The number of hydrogen-bond donors (Lipinski definition) is 0. The van der Waals surface area contributed by atoms with E-state index in [1.165, 1.54) is 146 Å². The summed E-state index contributed by atoms with van der Waals surface area (Å²) < 4.78 is 1.45. The molecule has 0 aromatic rings. The van der Waals surface area contributed by atoms with Crippen molar-refractivity contribution in [3.63, 3.8) is 0 Å². The van der Waals surface area contributed by atoms with Gasteiger partial charge in [-0.3, -0.25) is 0 Å². The highest BCUT2D eigenvalue weighted by atomic mass is 15.3. The molecule has 0 aliphatic heterocycles. The van der Waals surface area contributed by atoms with Crippen LogP contribution in [0.2, 0.25) is 0 Å². The lowest BCUT2D eigenvalue weighted by atomic mass is 10.1. The van der Waals surface area contributed by atoms with Crippen molar-refractivity contribution in [2.24, 2.45) is 0 Å². The average molecular weight is 383 g/mol. The molecule has 0 amide bonds. The molecule has 0 saturated carbocycles. The molecule has 0 heterocycles. The third-order valence-electron chi connectivity index (χ3n) is 6.44. The quantitative estimate of drug-likeness (QED) is 0.129. The molecular weight excluding hydrogens is 326 g/mol. The molecule has 0 radical (unpaired) electrons. The molecule has 0 unspecified atom stereocenters. The van der Waals surface area contributed by atoms with E-state index < -0.39 is 0 Å². The SMILES string of the molecule is CCCCCCCCCCC[N+](CCCCC)(CCCCC)CCCCC. The van der Waals surface area contributed by atoms with E-state index in [0.717, 1.165) is 0 Å². The van der Waals surface area contributed by atoms with Crippen molar-refractivity contribution >= 4 is 0 Å². The van der Waals surface area contributed by atoms with Crippen LogP contribution < -0.4 is 0 Å². The van der Waals surface area contributed by atoms with Crippen molar-refractivity contribution in [2.45, 2.75) is 143 Å².